The maximum Gasteiger partial charge on any atom is 0.310 e. The lowest BCUT2D eigenvalue weighted by molar-refractivity contribution is -0.159. The van der Waals surface area contributed by atoms with Gasteiger partial charge in [0, 0.05) is 5.75 Å². The van der Waals surface area contributed by atoms with Gasteiger partial charge in [0.05, 0.1) is 18.9 Å². The van der Waals surface area contributed by atoms with Crippen LogP contribution in [-0.2, 0) is 19.1 Å². The zero-order chi connectivity index (χ0) is 12.4. The summed E-state index contributed by atoms with van der Waals surface area (Å²) >= 11 is 3.99. The molecule has 17 heavy (non-hydrogen) atoms. The van der Waals surface area contributed by atoms with Crippen molar-refractivity contribution < 1.29 is 19.1 Å². The van der Waals surface area contributed by atoms with Crippen molar-refractivity contribution >= 4 is 24.6 Å². The molecule has 1 saturated carbocycles. The smallest absolute Gasteiger partial charge is 0.310 e. The maximum atomic E-state index is 11.9. The van der Waals surface area contributed by atoms with Gasteiger partial charge < -0.3 is 9.47 Å². The van der Waals surface area contributed by atoms with Crippen molar-refractivity contribution in [2.24, 2.45) is 23.7 Å². The number of esters is 2. The molecule has 0 aromatic carbocycles. The van der Waals surface area contributed by atoms with Crippen molar-refractivity contribution in [3.8, 4) is 0 Å². The predicted molar refractivity (Wildman–Crippen MR) is 64.5 cm³/mol. The Bertz CT molecular complexity index is 352. The number of carbonyl (C=O) groups excluding carboxylic acids is 2. The molecule has 2 bridgehead atoms. The van der Waals surface area contributed by atoms with Gasteiger partial charge in [-0.1, -0.05) is 12.2 Å². The molecule has 5 heteroatoms. The molecule has 0 spiro atoms. The van der Waals surface area contributed by atoms with Gasteiger partial charge in [-0.2, -0.15) is 12.6 Å². The average molecular weight is 256 g/mol. The second kappa shape index (κ2) is 5.12. The number of carbonyl (C=O) groups is 2. The summed E-state index contributed by atoms with van der Waals surface area (Å²) in [5.74, 6) is -0.621. The molecular weight excluding hydrogens is 240 g/mol. The van der Waals surface area contributed by atoms with Gasteiger partial charge in [0.2, 0.25) is 0 Å². The van der Waals surface area contributed by atoms with Crippen LogP contribution >= 0.6 is 12.6 Å². The van der Waals surface area contributed by atoms with Crippen LogP contribution in [0.5, 0.6) is 0 Å². The molecule has 4 atom stereocenters. The quantitative estimate of drug-likeness (QED) is 0.464. The van der Waals surface area contributed by atoms with Gasteiger partial charge in [-0.25, -0.2) is 0 Å². The van der Waals surface area contributed by atoms with E-state index < -0.39 is 0 Å². The number of hydrogen-bond acceptors (Lipinski definition) is 5. The minimum absolute atomic E-state index is 0.122. The first kappa shape index (κ1) is 12.5. The predicted octanol–water partition coefficient (Wildman–Crippen LogP) is 1.07. The van der Waals surface area contributed by atoms with Gasteiger partial charge >= 0.3 is 11.9 Å². The zero-order valence-electron chi connectivity index (χ0n) is 9.67. The number of thiol groups is 1. The van der Waals surface area contributed by atoms with Crippen LogP contribution in [0.15, 0.2) is 12.2 Å². The van der Waals surface area contributed by atoms with Crippen LogP contribution in [-0.4, -0.2) is 31.4 Å². The number of rotatable bonds is 4. The van der Waals surface area contributed by atoms with E-state index in [1.165, 1.54) is 7.11 Å². The van der Waals surface area contributed by atoms with Crippen LogP contribution in [0.4, 0.5) is 0 Å². The molecule has 2 aliphatic rings. The van der Waals surface area contributed by atoms with Crippen LogP contribution in [0.25, 0.3) is 0 Å². The van der Waals surface area contributed by atoms with E-state index >= 15 is 0 Å². The first-order valence-corrected chi connectivity index (χ1v) is 6.36. The van der Waals surface area contributed by atoms with E-state index in [4.69, 9.17) is 9.47 Å². The molecule has 0 aromatic rings. The second-order valence-electron chi connectivity index (χ2n) is 4.41. The summed E-state index contributed by atoms with van der Waals surface area (Å²) in [6.07, 6.45) is 4.87. The van der Waals surface area contributed by atoms with Gasteiger partial charge in [0.1, 0.15) is 6.61 Å². The molecule has 0 aromatic heterocycles. The van der Waals surface area contributed by atoms with Crippen LogP contribution in [0, 0.1) is 23.7 Å². The Hall–Kier alpha value is -0.970. The molecule has 2 rings (SSSR count). The van der Waals surface area contributed by atoms with E-state index in [1.54, 1.807) is 0 Å². The Kier molecular flexibility index (Phi) is 3.76. The van der Waals surface area contributed by atoms with Gasteiger partial charge in [0.25, 0.3) is 0 Å². The molecular formula is C12H16O4S. The lowest BCUT2D eigenvalue weighted by Gasteiger charge is -2.24. The fourth-order valence-corrected chi connectivity index (χ4v) is 2.93. The number of hydrogen-bond donors (Lipinski definition) is 1. The third-order valence-electron chi connectivity index (χ3n) is 3.54. The number of methoxy groups -OCH3 is 1. The number of allylic oxidation sites excluding steroid dienone is 2. The van der Waals surface area contributed by atoms with Crippen LogP contribution in [0.3, 0.4) is 0 Å². The highest BCUT2D eigenvalue weighted by molar-refractivity contribution is 7.80. The molecule has 0 amide bonds. The highest BCUT2D eigenvalue weighted by atomic mass is 32.1. The fraction of sp³-hybridized carbons (Fsp3) is 0.667. The first-order valence-electron chi connectivity index (χ1n) is 5.72. The second-order valence-corrected chi connectivity index (χ2v) is 4.86. The van der Waals surface area contributed by atoms with E-state index in [9.17, 15) is 9.59 Å². The summed E-state index contributed by atoms with van der Waals surface area (Å²) < 4.78 is 9.87. The van der Waals surface area contributed by atoms with Crippen molar-refractivity contribution in [2.75, 3.05) is 19.5 Å². The van der Waals surface area contributed by atoms with Gasteiger partial charge in [0.15, 0.2) is 0 Å². The summed E-state index contributed by atoms with van der Waals surface area (Å²) in [6, 6.07) is 0. The molecule has 0 heterocycles. The minimum Gasteiger partial charge on any atom is -0.469 e. The Labute approximate surface area is 106 Å². The molecule has 0 aliphatic heterocycles. The lowest BCUT2D eigenvalue weighted by Crippen LogP contribution is -2.35. The van der Waals surface area contributed by atoms with Gasteiger partial charge in [-0.05, 0) is 18.3 Å². The highest BCUT2D eigenvalue weighted by Gasteiger charge is 2.52. The molecule has 0 radical (unpaired) electrons. The van der Waals surface area contributed by atoms with E-state index in [-0.39, 0.29) is 42.2 Å². The largest absolute Gasteiger partial charge is 0.469 e. The van der Waals surface area contributed by atoms with Crippen molar-refractivity contribution in [1.29, 1.82) is 0 Å². The Morgan fingerprint density at radius 3 is 2.35 bits per heavy atom. The Morgan fingerprint density at radius 1 is 1.24 bits per heavy atom. The molecule has 0 N–H and O–H groups in total. The number of ether oxygens (including phenoxy) is 2. The lowest BCUT2D eigenvalue weighted by atomic mass is 9.83. The number of fused-ring (bicyclic) bond motifs is 2. The van der Waals surface area contributed by atoms with Crippen LogP contribution in [0.1, 0.15) is 6.42 Å². The summed E-state index contributed by atoms with van der Waals surface area (Å²) in [5.41, 5.74) is 0. The first-order chi connectivity index (χ1) is 8.19. The molecule has 2 aliphatic carbocycles. The average Bonchev–Trinajstić information content (AvgIpc) is 2.94. The summed E-state index contributed by atoms with van der Waals surface area (Å²) in [4.78, 5) is 23.6. The molecule has 0 saturated heterocycles. The molecule has 4 nitrogen and oxygen atoms in total. The van der Waals surface area contributed by atoms with Gasteiger partial charge in [-0.15, -0.1) is 0 Å². The SMILES string of the molecule is COC(=O)C1C2C=CC(C2)C1C(=O)OCCS. The van der Waals surface area contributed by atoms with Crippen LogP contribution < -0.4 is 0 Å². The third kappa shape index (κ3) is 2.20. The van der Waals surface area contributed by atoms with Crippen LogP contribution in [0.2, 0.25) is 0 Å². The third-order valence-corrected chi connectivity index (χ3v) is 3.72. The normalized spacial score (nSPS) is 33.8. The topological polar surface area (TPSA) is 52.6 Å². The zero-order valence-corrected chi connectivity index (χ0v) is 10.6. The minimum atomic E-state index is -0.377. The standard InChI is InChI=1S/C12H16O4S/c1-15-11(13)9-7-2-3-8(6-7)10(9)12(14)16-4-5-17/h2-3,7-10,17H,4-6H2,1H3. The molecule has 1 fully saturated rings. The monoisotopic (exact) mass is 256 g/mol. The summed E-state index contributed by atoms with van der Waals surface area (Å²) in [7, 11) is 1.36. The van der Waals surface area contributed by atoms with Crippen molar-refractivity contribution in [1.82, 2.24) is 0 Å². The molecule has 4 unspecified atom stereocenters. The van der Waals surface area contributed by atoms with Crippen molar-refractivity contribution in [2.45, 2.75) is 6.42 Å². The fourth-order valence-electron chi connectivity index (χ4n) is 2.84. The van der Waals surface area contributed by atoms with E-state index in [2.05, 4.69) is 12.6 Å². The van der Waals surface area contributed by atoms with E-state index in [1.807, 2.05) is 12.2 Å². The Morgan fingerprint density at radius 2 is 1.82 bits per heavy atom. The highest BCUT2D eigenvalue weighted by Crippen LogP contribution is 2.48. The van der Waals surface area contributed by atoms with E-state index in [0.29, 0.717) is 5.75 Å². The summed E-state index contributed by atoms with van der Waals surface area (Å²) in [5, 5.41) is 0. The van der Waals surface area contributed by atoms with E-state index in [0.717, 1.165) is 6.42 Å². The van der Waals surface area contributed by atoms with Crippen molar-refractivity contribution in [3.63, 3.8) is 0 Å². The Balaban J connectivity index is 2.11. The molecule has 94 valence electrons. The summed E-state index contributed by atoms with van der Waals surface area (Å²) in [6.45, 7) is 0.285. The van der Waals surface area contributed by atoms with Gasteiger partial charge in [-0.3, -0.25) is 9.59 Å². The van der Waals surface area contributed by atoms with Crippen molar-refractivity contribution in [3.05, 3.63) is 12.2 Å². The maximum absolute atomic E-state index is 11.9.